The summed E-state index contributed by atoms with van der Waals surface area (Å²) in [6, 6.07) is 0. The van der Waals surface area contributed by atoms with E-state index < -0.39 is 18.0 Å². The van der Waals surface area contributed by atoms with Gasteiger partial charge in [-0.3, -0.25) is 14.5 Å². The van der Waals surface area contributed by atoms with Crippen molar-refractivity contribution in [3.63, 3.8) is 0 Å². The van der Waals surface area contributed by atoms with Gasteiger partial charge in [0.25, 0.3) is 0 Å². The smallest absolute Gasteiger partial charge is 0.409 e. The number of ketones is 1. The van der Waals surface area contributed by atoms with Gasteiger partial charge in [-0.2, -0.15) is 0 Å². The summed E-state index contributed by atoms with van der Waals surface area (Å²) in [5, 5.41) is 0. The van der Waals surface area contributed by atoms with Crippen LogP contribution < -0.4 is 0 Å². The minimum absolute atomic E-state index is 0.0399. The maximum absolute atomic E-state index is 11.3. The second-order valence-corrected chi connectivity index (χ2v) is 2.89. The largest absolute Gasteiger partial charge is 0.468 e. The van der Waals surface area contributed by atoms with Crippen LogP contribution in [0.2, 0.25) is 0 Å². The van der Waals surface area contributed by atoms with Gasteiger partial charge in [-0.1, -0.05) is 0 Å². The van der Waals surface area contributed by atoms with Crippen LogP contribution in [0.4, 0.5) is 4.79 Å². The third kappa shape index (κ3) is 1.84. The molecule has 0 saturated carbocycles. The Hall–Kier alpha value is -1.59. The highest BCUT2D eigenvalue weighted by atomic mass is 16.5. The van der Waals surface area contributed by atoms with E-state index in [4.69, 9.17) is 0 Å². The minimum atomic E-state index is -0.862. The molecule has 1 unspecified atom stereocenters. The molecular formula is C8H11NO5. The molecular weight excluding hydrogens is 190 g/mol. The Balaban J connectivity index is 2.64. The number of esters is 1. The highest BCUT2D eigenvalue weighted by Crippen LogP contribution is 2.14. The molecule has 0 radical (unpaired) electrons. The molecule has 1 fully saturated rings. The number of Topliss-reactive ketones (excluding diaryl/α,β-unsaturated/α-hetero) is 1. The minimum Gasteiger partial charge on any atom is -0.468 e. The fraction of sp³-hybridized carbons (Fsp3) is 0.625. The van der Waals surface area contributed by atoms with E-state index in [0.717, 1.165) is 0 Å². The number of nitrogens with zero attached hydrogens (tertiary/aromatic N) is 1. The number of hydrogen-bond acceptors (Lipinski definition) is 5. The molecule has 1 aliphatic rings. The zero-order valence-corrected chi connectivity index (χ0v) is 7.98. The van der Waals surface area contributed by atoms with Gasteiger partial charge in [-0.15, -0.1) is 0 Å². The number of carbonyl (C=O) groups excluding carboxylic acids is 3. The molecule has 0 aromatic heterocycles. The molecule has 0 N–H and O–H groups in total. The van der Waals surface area contributed by atoms with Crippen molar-refractivity contribution < 1.29 is 23.9 Å². The van der Waals surface area contributed by atoms with Crippen molar-refractivity contribution in [1.29, 1.82) is 0 Å². The average molecular weight is 201 g/mol. The third-order valence-electron chi connectivity index (χ3n) is 2.06. The fourth-order valence-electron chi connectivity index (χ4n) is 1.30. The number of carbonyl (C=O) groups is 3. The van der Waals surface area contributed by atoms with E-state index in [-0.39, 0.29) is 18.9 Å². The van der Waals surface area contributed by atoms with Gasteiger partial charge in [0, 0.05) is 6.54 Å². The summed E-state index contributed by atoms with van der Waals surface area (Å²) < 4.78 is 8.85. The van der Waals surface area contributed by atoms with Crippen LogP contribution in [0.15, 0.2) is 0 Å². The second-order valence-electron chi connectivity index (χ2n) is 2.89. The predicted molar refractivity (Wildman–Crippen MR) is 44.5 cm³/mol. The molecule has 1 heterocycles. The van der Waals surface area contributed by atoms with Crippen LogP contribution in [-0.2, 0) is 19.1 Å². The van der Waals surface area contributed by atoms with Crippen LogP contribution in [0, 0.1) is 5.92 Å². The topological polar surface area (TPSA) is 72.9 Å². The molecule has 6 nitrogen and oxygen atoms in total. The first-order valence-electron chi connectivity index (χ1n) is 4.03. The van der Waals surface area contributed by atoms with E-state index in [2.05, 4.69) is 9.47 Å². The summed E-state index contributed by atoms with van der Waals surface area (Å²) in [7, 11) is 2.43. The Bertz CT molecular complexity index is 275. The number of hydrogen-bond donors (Lipinski definition) is 0. The summed E-state index contributed by atoms with van der Waals surface area (Å²) in [6.07, 6.45) is -0.607. The zero-order chi connectivity index (χ0) is 10.7. The first-order chi connectivity index (χ1) is 6.60. The molecule has 0 aliphatic carbocycles. The van der Waals surface area contributed by atoms with E-state index in [0.29, 0.717) is 0 Å². The lowest BCUT2D eigenvalue weighted by Gasteiger charge is -2.12. The highest BCUT2D eigenvalue weighted by molar-refractivity contribution is 6.03. The first kappa shape index (κ1) is 10.5. The fourth-order valence-corrected chi connectivity index (χ4v) is 1.30. The molecule has 0 aromatic carbocycles. The Morgan fingerprint density at radius 2 is 2.00 bits per heavy atom. The maximum atomic E-state index is 11.3. The molecule has 6 heteroatoms. The summed E-state index contributed by atoms with van der Waals surface area (Å²) in [5.41, 5.74) is 0. The summed E-state index contributed by atoms with van der Waals surface area (Å²) in [6.45, 7) is -0.0510. The van der Waals surface area contributed by atoms with Crippen molar-refractivity contribution in [3.8, 4) is 0 Å². The molecule has 1 atom stereocenters. The molecule has 1 amide bonds. The molecule has 14 heavy (non-hydrogen) atoms. The van der Waals surface area contributed by atoms with Gasteiger partial charge in [-0.25, -0.2) is 4.79 Å². The Labute approximate surface area is 80.8 Å². The van der Waals surface area contributed by atoms with Crippen molar-refractivity contribution >= 4 is 17.8 Å². The van der Waals surface area contributed by atoms with E-state index >= 15 is 0 Å². The van der Waals surface area contributed by atoms with Crippen LogP contribution >= 0.6 is 0 Å². The number of amides is 1. The van der Waals surface area contributed by atoms with Gasteiger partial charge in [0.05, 0.1) is 20.8 Å². The summed E-state index contributed by atoms with van der Waals surface area (Å²) in [5.74, 6) is -1.79. The third-order valence-corrected chi connectivity index (χ3v) is 2.06. The molecule has 0 aromatic rings. The van der Waals surface area contributed by atoms with Crippen molar-refractivity contribution in [2.75, 3.05) is 27.3 Å². The molecule has 0 spiro atoms. The van der Waals surface area contributed by atoms with Crippen molar-refractivity contribution in [3.05, 3.63) is 0 Å². The number of methoxy groups -OCH3 is 2. The molecule has 1 aliphatic heterocycles. The van der Waals surface area contributed by atoms with Gasteiger partial charge < -0.3 is 9.47 Å². The van der Waals surface area contributed by atoms with Crippen LogP contribution in [0.1, 0.15) is 0 Å². The van der Waals surface area contributed by atoms with Crippen LogP contribution in [0.3, 0.4) is 0 Å². The number of ether oxygens (including phenoxy) is 2. The lowest BCUT2D eigenvalue weighted by atomic mass is 10.1. The molecule has 1 saturated heterocycles. The van der Waals surface area contributed by atoms with E-state index in [1.54, 1.807) is 0 Å². The van der Waals surface area contributed by atoms with E-state index in [9.17, 15) is 14.4 Å². The predicted octanol–water partition coefficient (Wildman–Crippen LogP) is -0.573. The molecule has 0 bridgehead atoms. The van der Waals surface area contributed by atoms with Gasteiger partial charge in [0.1, 0.15) is 5.92 Å². The average Bonchev–Trinajstić information content (AvgIpc) is 2.58. The maximum Gasteiger partial charge on any atom is 0.409 e. The lowest BCUT2D eigenvalue weighted by Crippen LogP contribution is -2.29. The highest BCUT2D eigenvalue weighted by Gasteiger charge is 2.39. The van der Waals surface area contributed by atoms with Crippen molar-refractivity contribution in [1.82, 2.24) is 4.90 Å². The van der Waals surface area contributed by atoms with Gasteiger partial charge in [0.15, 0.2) is 5.78 Å². The van der Waals surface area contributed by atoms with Crippen LogP contribution in [0.5, 0.6) is 0 Å². The second kappa shape index (κ2) is 4.08. The monoisotopic (exact) mass is 201 g/mol. The Morgan fingerprint density at radius 3 is 2.50 bits per heavy atom. The normalized spacial score (nSPS) is 20.9. The van der Waals surface area contributed by atoms with Crippen LogP contribution in [0.25, 0.3) is 0 Å². The SMILES string of the molecule is COC(=O)C1CN(C(=O)OC)CC1=O. The van der Waals surface area contributed by atoms with Gasteiger partial charge in [0.2, 0.25) is 0 Å². The van der Waals surface area contributed by atoms with Crippen LogP contribution in [-0.4, -0.2) is 50.1 Å². The molecule has 78 valence electrons. The Kier molecular flexibility index (Phi) is 3.06. The lowest BCUT2D eigenvalue weighted by molar-refractivity contribution is -0.147. The number of rotatable bonds is 1. The Morgan fingerprint density at radius 1 is 1.36 bits per heavy atom. The van der Waals surface area contributed by atoms with E-state index in [1.165, 1.54) is 19.1 Å². The standard InChI is InChI=1S/C8H11NO5/c1-13-7(11)5-3-9(4-6(5)10)8(12)14-2/h5H,3-4H2,1-2H3. The van der Waals surface area contributed by atoms with Crippen molar-refractivity contribution in [2.45, 2.75) is 0 Å². The van der Waals surface area contributed by atoms with Crippen molar-refractivity contribution in [2.24, 2.45) is 5.92 Å². The first-order valence-corrected chi connectivity index (χ1v) is 4.03. The number of likely N-dealkylation sites (tertiary alicyclic amines) is 1. The summed E-state index contributed by atoms with van der Waals surface area (Å²) in [4.78, 5) is 34.5. The van der Waals surface area contributed by atoms with Gasteiger partial charge in [-0.05, 0) is 0 Å². The summed E-state index contributed by atoms with van der Waals surface area (Å²) >= 11 is 0. The zero-order valence-electron chi connectivity index (χ0n) is 7.98. The quantitative estimate of drug-likeness (QED) is 0.419. The van der Waals surface area contributed by atoms with E-state index in [1.807, 2.05) is 0 Å². The molecule has 1 rings (SSSR count). The van der Waals surface area contributed by atoms with Gasteiger partial charge >= 0.3 is 12.1 Å².